The molecule has 290 valence electrons. The standard InChI is InChI=1S/C60H40N2/c1-2-15-43(16-3-1)52-37-30-47(57-39-46-18-6-7-19-51(46)53-20-8-9-21-54(53)57)40-60(52)61(48-31-28-42(29-32-48)45-27-26-41-14-4-5-17-44(41)38-45)49-33-35-50(36-34-49)62-58-24-12-10-22-55(58)56-23-11-13-25-59(56)62/h1-40H. The third-order valence-electron chi connectivity index (χ3n) is 12.6. The van der Waals surface area contributed by atoms with Gasteiger partial charge in [-0.3, -0.25) is 0 Å². The minimum Gasteiger partial charge on any atom is -0.310 e. The highest BCUT2D eigenvalue weighted by Gasteiger charge is 2.21. The maximum atomic E-state index is 2.44. The van der Waals surface area contributed by atoms with Gasteiger partial charge in [-0.1, -0.05) is 176 Å². The van der Waals surface area contributed by atoms with E-state index >= 15 is 0 Å². The van der Waals surface area contributed by atoms with Gasteiger partial charge in [0.05, 0.1) is 16.7 Å². The Labute approximate surface area is 360 Å². The highest BCUT2D eigenvalue weighted by Crippen LogP contribution is 2.45. The number of rotatable bonds is 7. The molecule has 2 heteroatoms. The average molecular weight is 789 g/mol. The van der Waals surface area contributed by atoms with Crippen molar-refractivity contribution < 1.29 is 0 Å². The Morgan fingerprint density at radius 1 is 0.274 bits per heavy atom. The Hall–Kier alpha value is -8.20. The topological polar surface area (TPSA) is 8.17 Å². The molecule has 0 amide bonds. The summed E-state index contributed by atoms with van der Waals surface area (Å²) in [5.74, 6) is 0. The molecule has 0 bridgehead atoms. The molecule has 0 radical (unpaired) electrons. The molecule has 62 heavy (non-hydrogen) atoms. The van der Waals surface area contributed by atoms with E-state index in [1.807, 2.05) is 0 Å². The van der Waals surface area contributed by atoms with Crippen LogP contribution >= 0.6 is 0 Å². The second kappa shape index (κ2) is 14.8. The van der Waals surface area contributed by atoms with Crippen LogP contribution in [0.2, 0.25) is 0 Å². The van der Waals surface area contributed by atoms with Gasteiger partial charge in [-0.05, 0) is 127 Å². The van der Waals surface area contributed by atoms with Crippen molar-refractivity contribution in [3.8, 4) is 39.1 Å². The number of nitrogens with zero attached hydrogens (tertiary/aromatic N) is 2. The predicted octanol–water partition coefficient (Wildman–Crippen LogP) is 16.7. The second-order valence-electron chi connectivity index (χ2n) is 16.1. The van der Waals surface area contributed by atoms with E-state index in [0.29, 0.717) is 0 Å². The Bertz CT molecular complexity index is 3560. The molecular formula is C60H40N2. The lowest BCUT2D eigenvalue weighted by molar-refractivity contribution is 1.17. The molecule has 0 fully saturated rings. The van der Waals surface area contributed by atoms with Crippen molar-refractivity contribution in [1.82, 2.24) is 4.57 Å². The van der Waals surface area contributed by atoms with Crippen LogP contribution in [0.3, 0.4) is 0 Å². The summed E-state index contributed by atoms with van der Waals surface area (Å²) in [5, 5.41) is 10.0. The summed E-state index contributed by atoms with van der Waals surface area (Å²) in [6, 6.07) is 88.6. The molecule has 12 rings (SSSR count). The molecule has 0 saturated carbocycles. The van der Waals surface area contributed by atoms with Gasteiger partial charge in [-0.15, -0.1) is 0 Å². The van der Waals surface area contributed by atoms with Crippen molar-refractivity contribution in [3.05, 3.63) is 243 Å². The summed E-state index contributed by atoms with van der Waals surface area (Å²) in [6.45, 7) is 0. The van der Waals surface area contributed by atoms with Gasteiger partial charge >= 0.3 is 0 Å². The fraction of sp³-hybridized carbons (Fsp3) is 0. The van der Waals surface area contributed by atoms with Crippen molar-refractivity contribution >= 4 is 71.2 Å². The zero-order chi connectivity index (χ0) is 41.0. The van der Waals surface area contributed by atoms with Gasteiger partial charge in [-0.2, -0.15) is 0 Å². The second-order valence-corrected chi connectivity index (χ2v) is 16.1. The van der Waals surface area contributed by atoms with Crippen LogP contribution in [0.1, 0.15) is 0 Å². The summed E-state index contributed by atoms with van der Waals surface area (Å²) in [6.07, 6.45) is 0. The maximum Gasteiger partial charge on any atom is 0.0546 e. The highest BCUT2D eigenvalue weighted by molar-refractivity contribution is 6.14. The summed E-state index contributed by atoms with van der Waals surface area (Å²) in [5.41, 5.74) is 13.9. The zero-order valence-electron chi connectivity index (χ0n) is 34.0. The Balaban J connectivity index is 1.07. The Morgan fingerprint density at radius 3 is 1.52 bits per heavy atom. The van der Waals surface area contributed by atoms with Crippen molar-refractivity contribution in [1.29, 1.82) is 0 Å². The zero-order valence-corrected chi connectivity index (χ0v) is 34.0. The number of anilines is 3. The molecule has 0 N–H and O–H groups in total. The molecule has 0 aliphatic heterocycles. The number of benzene rings is 11. The first-order valence-corrected chi connectivity index (χ1v) is 21.3. The molecule has 2 nitrogen and oxygen atoms in total. The third kappa shape index (κ3) is 6.04. The average Bonchev–Trinajstić information content (AvgIpc) is 3.69. The first-order chi connectivity index (χ1) is 30.7. The van der Waals surface area contributed by atoms with E-state index in [2.05, 4.69) is 252 Å². The summed E-state index contributed by atoms with van der Waals surface area (Å²) in [7, 11) is 0. The van der Waals surface area contributed by atoms with E-state index < -0.39 is 0 Å². The summed E-state index contributed by atoms with van der Waals surface area (Å²) in [4.78, 5) is 2.44. The van der Waals surface area contributed by atoms with Crippen LogP contribution in [-0.2, 0) is 0 Å². The van der Waals surface area contributed by atoms with E-state index in [0.717, 1.165) is 33.9 Å². The highest BCUT2D eigenvalue weighted by atomic mass is 15.1. The molecule has 0 unspecified atom stereocenters. The van der Waals surface area contributed by atoms with E-state index in [1.54, 1.807) is 0 Å². The summed E-state index contributed by atoms with van der Waals surface area (Å²) < 4.78 is 2.39. The number of hydrogen-bond donors (Lipinski definition) is 0. The van der Waals surface area contributed by atoms with Crippen molar-refractivity contribution in [2.75, 3.05) is 4.90 Å². The van der Waals surface area contributed by atoms with Gasteiger partial charge in [0.1, 0.15) is 0 Å². The smallest absolute Gasteiger partial charge is 0.0546 e. The predicted molar refractivity (Wildman–Crippen MR) is 264 cm³/mol. The molecular weight excluding hydrogens is 749 g/mol. The van der Waals surface area contributed by atoms with E-state index in [4.69, 9.17) is 0 Å². The largest absolute Gasteiger partial charge is 0.310 e. The quantitative estimate of drug-likeness (QED) is 0.146. The Morgan fingerprint density at radius 2 is 0.806 bits per heavy atom. The van der Waals surface area contributed by atoms with Gasteiger partial charge in [0.2, 0.25) is 0 Å². The number of fused-ring (bicyclic) bond motifs is 7. The number of hydrogen-bond acceptors (Lipinski definition) is 1. The minimum atomic E-state index is 1.07. The monoisotopic (exact) mass is 788 g/mol. The lowest BCUT2D eigenvalue weighted by atomic mass is 9.91. The lowest BCUT2D eigenvalue weighted by Gasteiger charge is -2.29. The van der Waals surface area contributed by atoms with Crippen LogP contribution in [0.5, 0.6) is 0 Å². The SMILES string of the molecule is c1ccc(-c2ccc(-c3cc4ccccc4c4ccccc34)cc2N(c2ccc(-c3ccc4ccccc4c3)cc2)c2ccc(-n3c4ccccc4c4ccccc43)cc2)cc1. The third-order valence-corrected chi connectivity index (χ3v) is 12.6. The number of aromatic nitrogens is 1. The fourth-order valence-corrected chi connectivity index (χ4v) is 9.59. The van der Waals surface area contributed by atoms with Crippen molar-refractivity contribution in [3.63, 3.8) is 0 Å². The van der Waals surface area contributed by atoms with Gasteiger partial charge in [0.25, 0.3) is 0 Å². The summed E-state index contributed by atoms with van der Waals surface area (Å²) >= 11 is 0. The van der Waals surface area contributed by atoms with Crippen molar-refractivity contribution in [2.45, 2.75) is 0 Å². The number of para-hydroxylation sites is 2. The van der Waals surface area contributed by atoms with Crippen LogP contribution in [0.4, 0.5) is 17.1 Å². The molecule has 0 saturated heterocycles. The normalized spacial score (nSPS) is 11.5. The van der Waals surface area contributed by atoms with Crippen LogP contribution < -0.4 is 4.90 Å². The molecule has 12 aromatic rings. The van der Waals surface area contributed by atoms with E-state index in [1.165, 1.54) is 76.4 Å². The van der Waals surface area contributed by atoms with Crippen LogP contribution in [0.15, 0.2) is 243 Å². The molecule has 0 atom stereocenters. The van der Waals surface area contributed by atoms with Gasteiger partial charge in [-0.25, -0.2) is 0 Å². The molecule has 0 aliphatic carbocycles. The first-order valence-electron chi connectivity index (χ1n) is 21.3. The van der Waals surface area contributed by atoms with Gasteiger partial charge < -0.3 is 9.47 Å². The van der Waals surface area contributed by atoms with E-state index in [9.17, 15) is 0 Å². The lowest BCUT2D eigenvalue weighted by Crippen LogP contribution is -2.12. The van der Waals surface area contributed by atoms with E-state index in [-0.39, 0.29) is 0 Å². The van der Waals surface area contributed by atoms with Crippen molar-refractivity contribution in [2.24, 2.45) is 0 Å². The maximum absolute atomic E-state index is 2.44. The van der Waals surface area contributed by atoms with Crippen LogP contribution in [0, 0.1) is 0 Å². The minimum absolute atomic E-state index is 1.07. The first kappa shape index (κ1) is 35.7. The van der Waals surface area contributed by atoms with Crippen LogP contribution in [0.25, 0.3) is 93.2 Å². The van der Waals surface area contributed by atoms with Gasteiger partial charge in [0, 0.05) is 33.4 Å². The molecule has 0 spiro atoms. The van der Waals surface area contributed by atoms with Gasteiger partial charge in [0.15, 0.2) is 0 Å². The Kier molecular flexibility index (Phi) is 8.53. The molecule has 1 heterocycles. The molecule has 0 aliphatic rings. The fourth-order valence-electron chi connectivity index (χ4n) is 9.59. The van der Waals surface area contributed by atoms with Crippen LogP contribution in [-0.4, -0.2) is 4.57 Å². The molecule has 1 aromatic heterocycles. The molecule has 11 aromatic carbocycles.